The first kappa shape index (κ1) is 12.8. The van der Waals surface area contributed by atoms with Gasteiger partial charge in [-0.25, -0.2) is 4.98 Å². The molecule has 1 N–H and O–H groups in total. The van der Waals surface area contributed by atoms with Crippen molar-refractivity contribution in [1.82, 2.24) is 29.6 Å². The van der Waals surface area contributed by atoms with Crippen LogP contribution in [-0.2, 0) is 20.0 Å². The highest BCUT2D eigenvalue weighted by atomic mass is 15.2. The number of aryl methyl sites for hydroxylation is 1. The van der Waals surface area contributed by atoms with Crippen LogP contribution >= 0.6 is 0 Å². The minimum absolute atomic E-state index is 0.447. The Labute approximate surface area is 107 Å². The van der Waals surface area contributed by atoms with Gasteiger partial charge in [-0.3, -0.25) is 0 Å². The summed E-state index contributed by atoms with van der Waals surface area (Å²) >= 11 is 0. The summed E-state index contributed by atoms with van der Waals surface area (Å²) in [5.41, 5.74) is 1.21. The lowest BCUT2D eigenvalue weighted by atomic mass is 10.3. The van der Waals surface area contributed by atoms with Crippen LogP contribution in [0.1, 0.15) is 31.4 Å². The van der Waals surface area contributed by atoms with Gasteiger partial charge in [-0.2, -0.15) is 0 Å². The van der Waals surface area contributed by atoms with Gasteiger partial charge < -0.3 is 14.5 Å². The average molecular weight is 248 g/mol. The van der Waals surface area contributed by atoms with Crippen LogP contribution < -0.4 is 5.32 Å². The second-order valence-corrected chi connectivity index (χ2v) is 4.67. The number of nitrogens with one attached hydrogen (secondary N) is 1. The van der Waals surface area contributed by atoms with Crippen LogP contribution in [0.2, 0.25) is 0 Å². The molecule has 18 heavy (non-hydrogen) atoms. The Bertz CT molecular complexity index is 484. The summed E-state index contributed by atoms with van der Waals surface area (Å²) in [6.45, 7) is 6.03. The highest BCUT2D eigenvalue weighted by Crippen LogP contribution is 2.08. The molecule has 98 valence electrons. The predicted molar refractivity (Wildman–Crippen MR) is 69.0 cm³/mol. The Morgan fingerprint density at radius 1 is 1.33 bits per heavy atom. The zero-order valence-corrected chi connectivity index (χ0v) is 11.2. The molecule has 0 saturated carbocycles. The minimum atomic E-state index is 0.447. The number of nitrogens with zero attached hydrogens (tertiary/aromatic N) is 5. The monoisotopic (exact) mass is 248 g/mol. The summed E-state index contributed by atoms with van der Waals surface area (Å²) in [4.78, 5) is 4.18. The maximum atomic E-state index is 4.18. The van der Waals surface area contributed by atoms with Gasteiger partial charge in [0, 0.05) is 38.8 Å². The van der Waals surface area contributed by atoms with E-state index in [4.69, 9.17) is 0 Å². The van der Waals surface area contributed by atoms with E-state index in [1.165, 1.54) is 5.69 Å². The fraction of sp³-hybridized carbons (Fsp3) is 0.583. The van der Waals surface area contributed by atoms with Crippen molar-refractivity contribution in [1.29, 1.82) is 0 Å². The fourth-order valence-electron chi connectivity index (χ4n) is 1.88. The van der Waals surface area contributed by atoms with Crippen molar-refractivity contribution in [2.24, 2.45) is 7.05 Å². The molecule has 0 aliphatic rings. The number of aromatic nitrogens is 5. The zero-order valence-electron chi connectivity index (χ0n) is 11.2. The first-order valence-electron chi connectivity index (χ1n) is 6.22. The number of imidazole rings is 1. The Kier molecular flexibility index (Phi) is 4.09. The summed E-state index contributed by atoms with van der Waals surface area (Å²) in [6.07, 6.45) is 6.40. The van der Waals surface area contributed by atoms with E-state index in [2.05, 4.69) is 38.9 Å². The topological polar surface area (TPSA) is 60.6 Å². The van der Waals surface area contributed by atoms with Crippen molar-refractivity contribution in [2.75, 3.05) is 6.54 Å². The zero-order chi connectivity index (χ0) is 13.0. The first-order chi connectivity index (χ1) is 8.68. The number of hydrogen-bond acceptors (Lipinski definition) is 4. The van der Waals surface area contributed by atoms with E-state index in [1.807, 2.05) is 24.1 Å². The lowest BCUT2D eigenvalue weighted by molar-refractivity contribution is 0.548. The molecule has 0 amide bonds. The fourth-order valence-corrected chi connectivity index (χ4v) is 1.88. The molecule has 0 fully saturated rings. The van der Waals surface area contributed by atoms with Gasteiger partial charge in [0.25, 0.3) is 0 Å². The quantitative estimate of drug-likeness (QED) is 0.772. The molecule has 2 rings (SSSR count). The molecule has 0 atom stereocenters. The van der Waals surface area contributed by atoms with Crippen molar-refractivity contribution < 1.29 is 0 Å². The van der Waals surface area contributed by atoms with Crippen molar-refractivity contribution >= 4 is 0 Å². The molecule has 0 unspecified atom stereocenters. The van der Waals surface area contributed by atoms with Gasteiger partial charge in [0.1, 0.15) is 12.2 Å². The molecule has 2 aromatic heterocycles. The Balaban J connectivity index is 1.79. The first-order valence-corrected chi connectivity index (χ1v) is 6.22. The van der Waals surface area contributed by atoms with E-state index >= 15 is 0 Å². The highest BCUT2D eigenvalue weighted by molar-refractivity contribution is 4.99. The molecule has 0 radical (unpaired) electrons. The average Bonchev–Trinajstić information content (AvgIpc) is 2.94. The Morgan fingerprint density at radius 2 is 2.17 bits per heavy atom. The number of rotatable bonds is 6. The molecule has 2 heterocycles. The molecule has 0 aliphatic heterocycles. The maximum absolute atomic E-state index is 4.18. The van der Waals surface area contributed by atoms with E-state index < -0.39 is 0 Å². The summed E-state index contributed by atoms with van der Waals surface area (Å²) in [7, 11) is 1.96. The molecular formula is C12H20N6. The summed E-state index contributed by atoms with van der Waals surface area (Å²) < 4.78 is 4.12. The Hall–Kier alpha value is -1.69. The van der Waals surface area contributed by atoms with Crippen LogP contribution in [0.4, 0.5) is 0 Å². The summed E-state index contributed by atoms with van der Waals surface area (Å²) in [5, 5.41) is 11.3. The van der Waals surface area contributed by atoms with E-state index in [1.54, 1.807) is 6.33 Å². The standard InChI is InChI=1S/C12H20N6/c1-10(2)18-8-14-7-11(18)6-13-5-4-12-16-15-9-17(12)3/h7-10,13H,4-6H2,1-3H3. The van der Waals surface area contributed by atoms with Crippen molar-refractivity contribution in [3.05, 3.63) is 30.4 Å². The lowest BCUT2D eigenvalue weighted by Gasteiger charge is -2.12. The summed E-state index contributed by atoms with van der Waals surface area (Å²) in [6, 6.07) is 0.447. The molecule has 6 heteroatoms. The van der Waals surface area contributed by atoms with Crippen LogP contribution in [0.25, 0.3) is 0 Å². The second-order valence-electron chi connectivity index (χ2n) is 4.67. The van der Waals surface area contributed by atoms with Gasteiger partial charge in [-0.1, -0.05) is 0 Å². The highest BCUT2D eigenvalue weighted by Gasteiger charge is 2.05. The van der Waals surface area contributed by atoms with E-state index in [9.17, 15) is 0 Å². The second kappa shape index (κ2) is 5.77. The molecule has 0 aromatic carbocycles. The lowest BCUT2D eigenvalue weighted by Crippen LogP contribution is -2.20. The third-order valence-electron chi connectivity index (χ3n) is 2.94. The third-order valence-corrected chi connectivity index (χ3v) is 2.94. The molecule has 0 saturated heterocycles. The van der Waals surface area contributed by atoms with Gasteiger partial charge in [-0.05, 0) is 13.8 Å². The van der Waals surface area contributed by atoms with Crippen LogP contribution in [0.3, 0.4) is 0 Å². The van der Waals surface area contributed by atoms with Crippen LogP contribution in [0.15, 0.2) is 18.9 Å². The van der Waals surface area contributed by atoms with Crippen LogP contribution in [0, 0.1) is 0 Å². The van der Waals surface area contributed by atoms with E-state index in [0.29, 0.717) is 6.04 Å². The van der Waals surface area contributed by atoms with Crippen LogP contribution in [0.5, 0.6) is 0 Å². The van der Waals surface area contributed by atoms with Crippen molar-refractivity contribution in [2.45, 2.75) is 32.9 Å². The Morgan fingerprint density at radius 3 is 2.83 bits per heavy atom. The largest absolute Gasteiger partial charge is 0.331 e. The van der Waals surface area contributed by atoms with Gasteiger partial charge in [0.15, 0.2) is 0 Å². The van der Waals surface area contributed by atoms with Gasteiger partial charge in [0.2, 0.25) is 0 Å². The molecule has 0 aliphatic carbocycles. The molecular weight excluding hydrogens is 228 g/mol. The smallest absolute Gasteiger partial charge is 0.133 e. The molecule has 6 nitrogen and oxygen atoms in total. The van der Waals surface area contributed by atoms with E-state index in [-0.39, 0.29) is 0 Å². The predicted octanol–water partition coefficient (Wildman–Crippen LogP) is 0.925. The molecule has 0 bridgehead atoms. The van der Waals surface area contributed by atoms with E-state index in [0.717, 1.165) is 25.3 Å². The van der Waals surface area contributed by atoms with Crippen molar-refractivity contribution in [3.8, 4) is 0 Å². The molecule has 0 spiro atoms. The van der Waals surface area contributed by atoms with Gasteiger partial charge in [0.05, 0.1) is 12.0 Å². The number of hydrogen-bond donors (Lipinski definition) is 1. The van der Waals surface area contributed by atoms with Crippen LogP contribution in [-0.4, -0.2) is 30.9 Å². The van der Waals surface area contributed by atoms with Crippen molar-refractivity contribution in [3.63, 3.8) is 0 Å². The summed E-state index contributed by atoms with van der Waals surface area (Å²) in [5.74, 6) is 1.000. The minimum Gasteiger partial charge on any atom is -0.331 e. The third kappa shape index (κ3) is 2.95. The van der Waals surface area contributed by atoms with Gasteiger partial charge >= 0.3 is 0 Å². The van der Waals surface area contributed by atoms with Gasteiger partial charge in [-0.15, -0.1) is 10.2 Å². The SMILES string of the molecule is CC(C)n1cncc1CNCCc1nncn1C. The molecule has 2 aromatic rings. The maximum Gasteiger partial charge on any atom is 0.133 e. The normalized spacial score (nSPS) is 11.3.